The lowest BCUT2D eigenvalue weighted by atomic mass is 9.97. The molecule has 0 bridgehead atoms. The Morgan fingerprint density at radius 3 is 1.94 bits per heavy atom. The molecule has 1 aromatic heterocycles. The summed E-state index contributed by atoms with van der Waals surface area (Å²) in [4.78, 5) is 72.8. The molecule has 0 unspecified atom stereocenters. The van der Waals surface area contributed by atoms with E-state index in [-0.39, 0.29) is 0 Å². The van der Waals surface area contributed by atoms with Crippen LogP contribution in [-0.4, -0.2) is 64.5 Å². The van der Waals surface area contributed by atoms with Crippen LogP contribution < -0.4 is 11.2 Å². The number of hydrogen-bond donors (Lipinski definition) is 1. The third-order valence-corrected chi connectivity index (χ3v) is 4.52. The maximum Gasteiger partial charge on any atom is 0.332 e. The maximum absolute atomic E-state index is 15.0. The Labute approximate surface area is 185 Å². The molecule has 0 amide bonds. The number of ether oxygens (including phenoxy) is 5. The Morgan fingerprint density at radius 2 is 1.42 bits per heavy atom. The van der Waals surface area contributed by atoms with Crippen LogP contribution in [0.25, 0.3) is 0 Å². The Hall–Kier alpha value is -3.55. The Balaban J connectivity index is 2.72. The van der Waals surface area contributed by atoms with Gasteiger partial charge in [-0.3, -0.25) is 29.0 Å². The highest BCUT2D eigenvalue weighted by Gasteiger charge is 2.53. The predicted molar refractivity (Wildman–Crippen MR) is 103 cm³/mol. The lowest BCUT2D eigenvalue weighted by Gasteiger charge is -2.44. The van der Waals surface area contributed by atoms with E-state index in [1.54, 1.807) is 0 Å². The highest BCUT2D eigenvalue weighted by molar-refractivity contribution is 5.68. The zero-order chi connectivity index (χ0) is 25.0. The number of H-pyrrole nitrogens is 1. The van der Waals surface area contributed by atoms with Crippen molar-refractivity contribution < 1.29 is 47.3 Å². The number of carbonyl (C=O) groups excluding carboxylic acids is 4. The zero-order valence-corrected chi connectivity index (χ0v) is 18.4. The average Bonchev–Trinajstić information content (AvgIpc) is 2.68. The van der Waals surface area contributed by atoms with Crippen molar-refractivity contribution in [3.05, 3.63) is 32.3 Å². The summed E-state index contributed by atoms with van der Waals surface area (Å²) >= 11 is 0. The van der Waals surface area contributed by atoms with E-state index >= 15 is 4.39 Å². The molecule has 13 nitrogen and oxygen atoms in total. The van der Waals surface area contributed by atoms with Gasteiger partial charge in [0, 0.05) is 27.7 Å². The van der Waals surface area contributed by atoms with Crippen LogP contribution in [-0.2, 0) is 42.9 Å². The second kappa shape index (κ2) is 10.4. The van der Waals surface area contributed by atoms with E-state index in [9.17, 15) is 28.8 Å². The molecule has 0 saturated carbocycles. The van der Waals surface area contributed by atoms with Crippen LogP contribution in [0.2, 0.25) is 0 Å². The molecule has 2 heterocycles. The molecule has 1 fully saturated rings. The molecular formula is C19H23FN2O11. The van der Waals surface area contributed by atoms with Crippen LogP contribution >= 0.6 is 0 Å². The van der Waals surface area contributed by atoms with Crippen molar-refractivity contribution in [1.29, 1.82) is 0 Å². The molecule has 182 valence electrons. The summed E-state index contributed by atoms with van der Waals surface area (Å²) in [6.45, 7) is 4.66. The van der Waals surface area contributed by atoms with Crippen LogP contribution in [0.4, 0.5) is 4.39 Å². The second-order valence-electron chi connectivity index (χ2n) is 7.13. The highest BCUT2D eigenvalue weighted by Crippen LogP contribution is 2.34. The smallest absolute Gasteiger partial charge is 0.332 e. The number of hydrogen-bond acceptors (Lipinski definition) is 11. The largest absolute Gasteiger partial charge is 0.463 e. The first-order valence-corrected chi connectivity index (χ1v) is 9.64. The van der Waals surface area contributed by atoms with Gasteiger partial charge in [0.25, 0.3) is 5.56 Å². The Kier molecular flexibility index (Phi) is 8.08. The molecule has 1 aliphatic heterocycles. The molecule has 1 aromatic rings. The van der Waals surface area contributed by atoms with Crippen molar-refractivity contribution in [2.75, 3.05) is 6.61 Å². The number of esters is 4. The van der Waals surface area contributed by atoms with E-state index in [4.69, 9.17) is 23.7 Å². The van der Waals surface area contributed by atoms with Crippen molar-refractivity contribution >= 4 is 23.9 Å². The van der Waals surface area contributed by atoms with Gasteiger partial charge in [-0.25, -0.2) is 9.36 Å². The molecule has 0 aromatic carbocycles. The summed E-state index contributed by atoms with van der Waals surface area (Å²) in [5, 5.41) is 0. The van der Waals surface area contributed by atoms with Gasteiger partial charge < -0.3 is 23.7 Å². The van der Waals surface area contributed by atoms with Crippen molar-refractivity contribution in [3.63, 3.8) is 0 Å². The Morgan fingerprint density at radius 1 is 0.909 bits per heavy atom. The molecule has 1 aliphatic rings. The van der Waals surface area contributed by atoms with Crippen molar-refractivity contribution in [2.24, 2.45) is 0 Å². The number of rotatable bonds is 6. The number of carbonyl (C=O) groups is 4. The summed E-state index contributed by atoms with van der Waals surface area (Å²) in [5.41, 5.74) is -2.74. The van der Waals surface area contributed by atoms with Crippen molar-refractivity contribution in [1.82, 2.24) is 9.55 Å². The zero-order valence-electron chi connectivity index (χ0n) is 18.4. The molecule has 1 saturated heterocycles. The number of aromatic nitrogens is 2. The van der Waals surface area contributed by atoms with E-state index in [1.165, 1.54) is 0 Å². The van der Waals surface area contributed by atoms with Crippen LogP contribution in [0.3, 0.4) is 0 Å². The van der Waals surface area contributed by atoms with E-state index in [2.05, 4.69) is 0 Å². The lowest BCUT2D eigenvalue weighted by molar-refractivity contribution is -0.270. The third-order valence-electron chi connectivity index (χ3n) is 4.52. The van der Waals surface area contributed by atoms with Gasteiger partial charge >= 0.3 is 29.6 Å². The summed E-state index contributed by atoms with van der Waals surface area (Å²) in [5.74, 6) is -4.74. The molecule has 0 radical (unpaired) electrons. The first-order chi connectivity index (χ1) is 15.3. The fraction of sp³-hybridized carbons (Fsp3) is 0.579. The molecule has 0 aliphatic carbocycles. The highest BCUT2D eigenvalue weighted by atomic mass is 19.1. The van der Waals surface area contributed by atoms with Crippen LogP contribution in [0.1, 0.15) is 39.5 Å². The maximum atomic E-state index is 15.0. The number of aromatic amines is 1. The molecule has 2 rings (SSSR count). The minimum absolute atomic E-state index is 0.353. The summed E-state index contributed by atoms with van der Waals surface area (Å²) in [6.07, 6.45) is -7.99. The lowest BCUT2D eigenvalue weighted by Crippen LogP contribution is -2.62. The normalized spacial score (nSPS) is 24.5. The predicted octanol–water partition coefficient (Wildman–Crippen LogP) is -0.760. The van der Waals surface area contributed by atoms with Crippen molar-refractivity contribution in [2.45, 2.75) is 65.3 Å². The molecule has 1 N–H and O–H groups in total. The third kappa shape index (κ3) is 6.03. The van der Waals surface area contributed by atoms with Gasteiger partial charge in [0.05, 0.1) is 5.56 Å². The molecule has 14 heteroatoms. The number of halogens is 1. The molecule has 33 heavy (non-hydrogen) atoms. The summed E-state index contributed by atoms with van der Waals surface area (Å²) in [6, 6.07) is 0. The van der Waals surface area contributed by atoms with Gasteiger partial charge in [0.2, 0.25) is 5.95 Å². The van der Waals surface area contributed by atoms with Gasteiger partial charge in [-0.2, -0.15) is 4.39 Å². The van der Waals surface area contributed by atoms with Gasteiger partial charge in [0.15, 0.2) is 24.5 Å². The van der Waals surface area contributed by atoms with Crippen LogP contribution in [0.15, 0.2) is 9.59 Å². The summed E-state index contributed by atoms with van der Waals surface area (Å²) < 4.78 is 41.5. The quantitative estimate of drug-likeness (QED) is 0.312. The standard InChI is InChI=1S/C19H23FN2O11/c1-7-16(20)22(19(28)21-17(7)27)18-15(32-11(5)26)14(31-10(4)25)13(30-9(3)24)12(33-18)6-29-8(2)23/h12-15,18H,6H2,1-5H3,(H,21,27,28)/t12-,13+,14-,15+,18-/m0/s1. The van der Waals surface area contributed by atoms with Gasteiger partial charge in [-0.1, -0.05) is 0 Å². The second-order valence-corrected chi connectivity index (χ2v) is 7.13. The fourth-order valence-corrected chi connectivity index (χ4v) is 3.26. The monoisotopic (exact) mass is 474 g/mol. The number of nitrogens with zero attached hydrogens (tertiary/aromatic N) is 1. The minimum atomic E-state index is -1.81. The Bertz CT molecular complexity index is 1060. The SMILES string of the molecule is CC(=O)OC[C@@H]1O[C@H](n2c(F)c(C)c(=O)[nH]c2=O)[C@H](OC(C)=O)[C@@H](OC(C)=O)[C@@H]1OC(C)=O. The van der Waals surface area contributed by atoms with Gasteiger partial charge in [0.1, 0.15) is 12.7 Å². The van der Waals surface area contributed by atoms with E-state index in [1.807, 2.05) is 4.98 Å². The topological polar surface area (TPSA) is 169 Å². The van der Waals surface area contributed by atoms with E-state index in [0.29, 0.717) is 4.57 Å². The summed E-state index contributed by atoms with van der Waals surface area (Å²) in [7, 11) is 0. The van der Waals surface area contributed by atoms with Crippen LogP contribution in [0, 0.1) is 12.9 Å². The van der Waals surface area contributed by atoms with Crippen molar-refractivity contribution in [3.8, 4) is 0 Å². The first kappa shape index (κ1) is 25.7. The van der Waals surface area contributed by atoms with E-state index < -0.39 is 83.9 Å². The molecule has 5 atom stereocenters. The fourth-order valence-electron chi connectivity index (χ4n) is 3.26. The minimum Gasteiger partial charge on any atom is -0.463 e. The molecular weight excluding hydrogens is 451 g/mol. The van der Waals surface area contributed by atoms with E-state index in [0.717, 1.165) is 34.6 Å². The average molecular weight is 474 g/mol. The van der Waals surface area contributed by atoms with Gasteiger partial charge in [-0.05, 0) is 6.92 Å². The van der Waals surface area contributed by atoms with Crippen LogP contribution in [0.5, 0.6) is 0 Å². The first-order valence-electron chi connectivity index (χ1n) is 9.64. The number of nitrogens with one attached hydrogen (secondary N) is 1. The molecule has 0 spiro atoms. The van der Waals surface area contributed by atoms with Gasteiger partial charge in [-0.15, -0.1) is 0 Å².